The molecule has 1 saturated carbocycles. The average molecular weight is 272 g/mol. The van der Waals surface area contributed by atoms with Crippen LogP contribution in [0.4, 0.5) is 0 Å². The first kappa shape index (κ1) is 11.2. The molecule has 2 rings (SSSR count). The first-order chi connectivity index (χ1) is 7.22. The Morgan fingerprint density at radius 3 is 3.07 bits per heavy atom. The van der Waals surface area contributed by atoms with Crippen molar-refractivity contribution in [1.29, 1.82) is 0 Å². The molecule has 0 saturated heterocycles. The number of rotatable bonds is 5. The fourth-order valence-electron chi connectivity index (χ4n) is 2.15. The molecule has 0 spiro atoms. The second kappa shape index (κ2) is 4.71. The van der Waals surface area contributed by atoms with Crippen molar-refractivity contribution in [3.63, 3.8) is 0 Å². The summed E-state index contributed by atoms with van der Waals surface area (Å²) >= 11 is 3.49. The molecule has 15 heavy (non-hydrogen) atoms. The van der Waals surface area contributed by atoms with Crippen LogP contribution in [-0.4, -0.2) is 6.04 Å². The Morgan fingerprint density at radius 2 is 2.47 bits per heavy atom. The van der Waals surface area contributed by atoms with Crippen molar-refractivity contribution < 1.29 is 4.42 Å². The van der Waals surface area contributed by atoms with Gasteiger partial charge in [-0.1, -0.05) is 13.3 Å². The molecule has 1 fully saturated rings. The van der Waals surface area contributed by atoms with E-state index in [1.54, 1.807) is 6.26 Å². The highest BCUT2D eigenvalue weighted by Crippen LogP contribution is 2.37. The Hall–Kier alpha value is -0.280. The highest BCUT2D eigenvalue weighted by Gasteiger charge is 2.37. The van der Waals surface area contributed by atoms with Crippen LogP contribution < -0.4 is 5.32 Å². The number of halogens is 1. The van der Waals surface area contributed by atoms with E-state index in [1.165, 1.54) is 19.3 Å². The molecule has 0 amide bonds. The monoisotopic (exact) mass is 271 g/mol. The van der Waals surface area contributed by atoms with E-state index in [2.05, 4.69) is 35.1 Å². The lowest BCUT2D eigenvalue weighted by molar-refractivity contribution is 0.418. The maximum Gasteiger partial charge on any atom is 0.134 e. The smallest absolute Gasteiger partial charge is 0.134 e. The van der Waals surface area contributed by atoms with Crippen LogP contribution in [0.1, 0.15) is 44.9 Å². The second-order valence-corrected chi connectivity index (χ2v) is 5.27. The van der Waals surface area contributed by atoms with Crippen LogP contribution in [0.25, 0.3) is 0 Å². The Balaban J connectivity index is 1.84. The van der Waals surface area contributed by atoms with Crippen LogP contribution in [-0.2, 0) is 0 Å². The third kappa shape index (κ3) is 2.64. The minimum absolute atomic E-state index is 0.307. The summed E-state index contributed by atoms with van der Waals surface area (Å²) in [6.07, 6.45) is 5.70. The highest BCUT2D eigenvalue weighted by atomic mass is 79.9. The first-order valence-electron chi connectivity index (χ1n) is 5.71. The van der Waals surface area contributed by atoms with E-state index in [9.17, 15) is 0 Å². The van der Waals surface area contributed by atoms with Gasteiger partial charge in [0.2, 0.25) is 0 Å². The molecule has 3 unspecified atom stereocenters. The summed E-state index contributed by atoms with van der Waals surface area (Å²) in [5.74, 6) is 1.91. The fourth-order valence-corrected chi connectivity index (χ4v) is 2.70. The van der Waals surface area contributed by atoms with Crippen molar-refractivity contribution in [2.75, 3.05) is 0 Å². The van der Waals surface area contributed by atoms with E-state index in [-0.39, 0.29) is 0 Å². The van der Waals surface area contributed by atoms with Gasteiger partial charge >= 0.3 is 0 Å². The third-order valence-electron chi connectivity index (χ3n) is 3.08. The van der Waals surface area contributed by atoms with Gasteiger partial charge in [-0.2, -0.15) is 0 Å². The molecule has 0 aliphatic heterocycles. The molecular weight excluding hydrogens is 254 g/mol. The highest BCUT2D eigenvalue weighted by molar-refractivity contribution is 9.10. The Morgan fingerprint density at radius 1 is 1.67 bits per heavy atom. The van der Waals surface area contributed by atoms with E-state index in [0.29, 0.717) is 12.1 Å². The van der Waals surface area contributed by atoms with Gasteiger partial charge in [0.05, 0.1) is 16.8 Å². The normalized spacial score (nSPS) is 26.6. The number of nitrogens with one attached hydrogen (secondary N) is 1. The van der Waals surface area contributed by atoms with Gasteiger partial charge in [-0.15, -0.1) is 0 Å². The Bertz CT molecular complexity index is 323. The van der Waals surface area contributed by atoms with Gasteiger partial charge in [0.25, 0.3) is 0 Å². The SMILES string of the molecule is CCCC1CC1NC(C)c1occc1Br. The van der Waals surface area contributed by atoms with E-state index < -0.39 is 0 Å². The number of hydrogen-bond donors (Lipinski definition) is 1. The second-order valence-electron chi connectivity index (χ2n) is 4.41. The van der Waals surface area contributed by atoms with Gasteiger partial charge in [0.1, 0.15) is 5.76 Å². The maximum absolute atomic E-state index is 5.44. The van der Waals surface area contributed by atoms with Gasteiger partial charge in [-0.05, 0) is 47.7 Å². The average Bonchev–Trinajstić information content (AvgIpc) is 2.76. The minimum Gasteiger partial charge on any atom is -0.466 e. The van der Waals surface area contributed by atoms with E-state index in [4.69, 9.17) is 4.42 Å². The largest absolute Gasteiger partial charge is 0.466 e. The molecule has 1 aliphatic carbocycles. The third-order valence-corrected chi connectivity index (χ3v) is 3.74. The van der Waals surface area contributed by atoms with Gasteiger partial charge < -0.3 is 9.73 Å². The van der Waals surface area contributed by atoms with E-state index in [0.717, 1.165) is 16.2 Å². The zero-order chi connectivity index (χ0) is 10.8. The maximum atomic E-state index is 5.44. The number of furan rings is 1. The molecule has 0 bridgehead atoms. The van der Waals surface area contributed by atoms with Crippen LogP contribution in [0.2, 0.25) is 0 Å². The summed E-state index contributed by atoms with van der Waals surface area (Å²) in [6, 6.07) is 2.96. The lowest BCUT2D eigenvalue weighted by Crippen LogP contribution is -2.22. The van der Waals surface area contributed by atoms with Crippen LogP contribution in [0.3, 0.4) is 0 Å². The molecule has 3 atom stereocenters. The molecule has 84 valence electrons. The van der Waals surface area contributed by atoms with Gasteiger partial charge in [0.15, 0.2) is 0 Å². The summed E-state index contributed by atoms with van der Waals surface area (Å²) in [4.78, 5) is 0. The van der Waals surface area contributed by atoms with Crippen molar-refractivity contribution in [1.82, 2.24) is 5.32 Å². The summed E-state index contributed by atoms with van der Waals surface area (Å²) in [6.45, 7) is 4.41. The molecular formula is C12H18BrNO. The Labute approximate surface area is 99.6 Å². The van der Waals surface area contributed by atoms with Gasteiger partial charge in [-0.3, -0.25) is 0 Å². The predicted molar refractivity (Wildman–Crippen MR) is 64.8 cm³/mol. The molecule has 1 aromatic rings. The van der Waals surface area contributed by atoms with Gasteiger partial charge in [-0.25, -0.2) is 0 Å². The molecule has 2 nitrogen and oxygen atoms in total. The molecule has 0 radical (unpaired) electrons. The molecule has 0 aromatic carbocycles. The standard InChI is InChI=1S/C12H18BrNO/c1-3-4-9-7-11(9)14-8(2)12-10(13)5-6-15-12/h5-6,8-9,11,14H,3-4,7H2,1-2H3. The minimum atomic E-state index is 0.307. The van der Waals surface area contributed by atoms with Crippen molar-refractivity contribution in [3.05, 3.63) is 22.6 Å². The Kier molecular flexibility index (Phi) is 3.52. The summed E-state index contributed by atoms with van der Waals surface area (Å²) in [5.41, 5.74) is 0. The van der Waals surface area contributed by atoms with E-state index in [1.807, 2.05) is 6.07 Å². The van der Waals surface area contributed by atoms with Crippen molar-refractivity contribution in [2.24, 2.45) is 5.92 Å². The van der Waals surface area contributed by atoms with Crippen LogP contribution in [0, 0.1) is 5.92 Å². The first-order valence-corrected chi connectivity index (χ1v) is 6.50. The molecule has 1 aliphatic rings. The van der Waals surface area contributed by atoms with Gasteiger partial charge in [0, 0.05) is 6.04 Å². The topological polar surface area (TPSA) is 25.2 Å². The summed E-state index contributed by atoms with van der Waals surface area (Å²) in [5, 5.41) is 3.61. The predicted octanol–water partition coefficient (Wildman–Crippen LogP) is 3.88. The van der Waals surface area contributed by atoms with E-state index >= 15 is 0 Å². The lowest BCUT2D eigenvalue weighted by Gasteiger charge is -2.11. The zero-order valence-electron chi connectivity index (χ0n) is 9.29. The molecule has 1 N–H and O–H groups in total. The molecule has 1 aromatic heterocycles. The zero-order valence-corrected chi connectivity index (χ0v) is 10.9. The molecule has 3 heteroatoms. The van der Waals surface area contributed by atoms with Crippen molar-refractivity contribution in [2.45, 2.75) is 45.2 Å². The van der Waals surface area contributed by atoms with Crippen LogP contribution >= 0.6 is 15.9 Å². The van der Waals surface area contributed by atoms with Crippen molar-refractivity contribution >= 4 is 15.9 Å². The summed E-state index contributed by atoms with van der Waals surface area (Å²) < 4.78 is 6.51. The lowest BCUT2D eigenvalue weighted by atomic mass is 10.2. The van der Waals surface area contributed by atoms with Crippen LogP contribution in [0.15, 0.2) is 21.2 Å². The van der Waals surface area contributed by atoms with Crippen LogP contribution in [0.5, 0.6) is 0 Å². The fraction of sp³-hybridized carbons (Fsp3) is 0.667. The molecule has 1 heterocycles. The summed E-state index contributed by atoms with van der Waals surface area (Å²) in [7, 11) is 0. The number of hydrogen-bond acceptors (Lipinski definition) is 2. The van der Waals surface area contributed by atoms with Crippen molar-refractivity contribution in [3.8, 4) is 0 Å². The quantitative estimate of drug-likeness (QED) is 0.879.